The van der Waals surface area contributed by atoms with Gasteiger partial charge in [-0.1, -0.05) is 6.92 Å². The van der Waals surface area contributed by atoms with Gasteiger partial charge in [0.15, 0.2) is 0 Å². The SMILES string of the molecule is CCC(N)C(c1ccc(Br)s1)N(C)C(C)CO. The summed E-state index contributed by atoms with van der Waals surface area (Å²) in [5.41, 5.74) is 6.22. The maximum atomic E-state index is 9.27. The lowest BCUT2D eigenvalue weighted by atomic mass is 10.0. The van der Waals surface area contributed by atoms with Crippen LogP contribution in [0.25, 0.3) is 0 Å². The van der Waals surface area contributed by atoms with Crippen LogP contribution in [0.3, 0.4) is 0 Å². The van der Waals surface area contributed by atoms with E-state index in [4.69, 9.17) is 5.73 Å². The summed E-state index contributed by atoms with van der Waals surface area (Å²) < 4.78 is 1.12. The molecule has 0 spiro atoms. The van der Waals surface area contributed by atoms with Crippen LogP contribution in [0.15, 0.2) is 15.9 Å². The standard InChI is InChI=1S/C12H21BrN2OS/c1-4-9(14)12(15(3)8(2)7-16)10-5-6-11(13)17-10/h5-6,8-9,12,16H,4,7,14H2,1-3H3. The summed E-state index contributed by atoms with van der Waals surface area (Å²) in [6.07, 6.45) is 0.919. The highest BCUT2D eigenvalue weighted by Gasteiger charge is 2.27. The van der Waals surface area contributed by atoms with Crippen LogP contribution in [0.4, 0.5) is 0 Å². The van der Waals surface area contributed by atoms with E-state index in [9.17, 15) is 5.11 Å². The third-order valence-electron chi connectivity index (χ3n) is 3.16. The Balaban J connectivity index is 2.95. The van der Waals surface area contributed by atoms with Crippen LogP contribution in [-0.2, 0) is 0 Å². The quantitative estimate of drug-likeness (QED) is 0.847. The van der Waals surface area contributed by atoms with E-state index in [1.807, 2.05) is 20.0 Å². The van der Waals surface area contributed by atoms with E-state index in [-0.39, 0.29) is 24.7 Å². The Kier molecular flexibility index (Phi) is 6.09. The van der Waals surface area contributed by atoms with Gasteiger partial charge in [-0.25, -0.2) is 0 Å². The van der Waals surface area contributed by atoms with Gasteiger partial charge in [0.1, 0.15) is 0 Å². The van der Waals surface area contributed by atoms with Gasteiger partial charge in [0.05, 0.1) is 16.4 Å². The van der Waals surface area contributed by atoms with Crippen molar-refractivity contribution in [3.05, 3.63) is 20.8 Å². The summed E-state index contributed by atoms with van der Waals surface area (Å²) in [6.45, 7) is 4.26. The molecule has 0 saturated carbocycles. The average molecular weight is 321 g/mol. The van der Waals surface area contributed by atoms with E-state index in [0.717, 1.165) is 10.2 Å². The number of hydrogen-bond acceptors (Lipinski definition) is 4. The lowest BCUT2D eigenvalue weighted by molar-refractivity contribution is 0.107. The molecule has 0 aromatic carbocycles. The highest BCUT2D eigenvalue weighted by atomic mass is 79.9. The van der Waals surface area contributed by atoms with Gasteiger partial charge in [-0.3, -0.25) is 4.90 Å². The van der Waals surface area contributed by atoms with Crippen molar-refractivity contribution in [1.29, 1.82) is 0 Å². The fourth-order valence-corrected chi connectivity index (χ4v) is 3.48. The molecule has 1 rings (SSSR count). The maximum Gasteiger partial charge on any atom is 0.0702 e. The Morgan fingerprint density at radius 2 is 2.18 bits per heavy atom. The molecule has 0 radical (unpaired) electrons. The van der Waals surface area contributed by atoms with Crippen molar-refractivity contribution in [2.45, 2.75) is 38.4 Å². The van der Waals surface area contributed by atoms with E-state index < -0.39 is 0 Å². The van der Waals surface area contributed by atoms with Crippen LogP contribution in [0.1, 0.15) is 31.2 Å². The van der Waals surface area contributed by atoms with E-state index in [1.54, 1.807) is 11.3 Å². The van der Waals surface area contributed by atoms with E-state index in [0.29, 0.717) is 0 Å². The third-order valence-corrected chi connectivity index (χ3v) is 4.86. The van der Waals surface area contributed by atoms with Crippen LogP contribution < -0.4 is 5.73 Å². The van der Waals surface area contributed by atoms with Gasteiger partial charge >= 0.3 is 0 Å². The molecular formula is C12H21BrN2OS. The summed E-state index contributed by atoms with van der Waals surface area (Å²) in [5, 5.41) is 9.27. The van der Waals surface area contributed by atoms with Crippen molar-refractivity contribution in [2.75, 3.05) is 13.7 Å². The van der Waals surface area contributed by atoms with Crippen molar-refractivity contribution >= 4 is 27.3 Å². The fourth-order valence-electron chi connectivity index (χ4n) is 1.83. The zero-order valence-corrected chi connectivity index (χ0v) is 13.0. The minimum atomic E-state index is 0.0829. The summed E-state index contributed by atoms with van der Waals surface area (Å²) in [6, 6.07) is 4.51. The molecule has 5 heteroatoms. The molecule has 1 heterocycles. The van der Waals surface area contributed by atoms with Gasteiger partial charge in [0, 0.05) is 17.0 Å². The first kappa shape index (κ1) is 15.1. The summed E-state index contributed by atoms with van der Waals surface area (Å²) in [4.78, 5) is 3.40. The molecule has 0 amide bonds. The molecule has 3 N–H and O–H groups in total. The predicted molar refractivity (Wildman–Crippen MR) is 77.3 cm³/mol. The number of aliphatic hydroxyl groups is 1. The van der Waals surface area contributed by atoms with Crippen molar-refractivity contribution < 1.29 is 5.11 Å². The first-order valence-corrected chi connectivity index (χ1v) is 7.45. The first-order chi connectivity index (χ1) is 8.01. The Hall–Kier alpha value is 0.0600. The van der Waals surface area contributed by atoms with Gasteiger partial charge in [-0.05, 0) is 48.5 Å². The van der Waals surface area contributed by atoms with Crippen molar-refractivity contribution in [1.82, 2.24) is 4.90 Å². The van der Waals surface area contributed by atoms with Crippen LogP contribution in [-0.4, -0.2) is 35.7 Å². The van der Waals surface area contributed by atoms with Crippen LogP contribution >= 0.6 is 27.3 Å². The molecule has 98 valence electrons. The number of nitrogens with zero attached hydrogens (tertiary/aromatic N) is 1. The summed E-state index contributed by atoms with van der Waals surface area (Å²) >= 11 is 5.19. The van der Waals surface area contributed by atoms with Crippen LogP contribution in [0.5, 0.6) is 0 Å². The van der Waals surface area contributed by atoms with Gasteiger partial charge in [0.2, 0.25) is 0 Å². The molecule has 3 atom stereocenters. The van der Waals surface area contributed by atoms with Crippen molar-refractivity contribution in [3.63, 3.8) is 0 Å². The smallest absolute Gasteiger partial charge is 0.0702 e. The Morgan fingerprint density at radius 3 is 2.59 bits per heavy atom. The molecule has 1 aromatic heterocycles. The summed E-state index contributed by atoms with van der Waals surface area (Å²) in [7, 11) is 2.02. The van der Waals surface area contributed by atoms with Gasteiger partial charge in [-0.15, -0.1) is 11.3 Å². The minimum Gasteiger partial charge on any atom is -0.395 e. The van der Waals surface area contributed by atoms with Crippen LogP contribution in [0.2, 0.25) is 0 Å². The largest absolute Gasteiger partial charge is 0.395 e. The number of likely N-dealkylation sites (N-methyl/N-ethyl adjacent to an activating group) is 1. The third kappa shape index (κ3) is 3.76. The zero-order chi connectivity index (χ0) is 13.0. The lowest BCUT2D eigenvalue weighted by Crippen LogP contribution is -2.43. The zero-order valence-electron chi connectivity index (χ0n) is 10.6. The number of rotatable bonds is 6. The summed E-state index contributed by atoms with van der Waals surface area (Å²) in [5.74, 6) is 0. The normalized spacial score (nSPS) is 17.1. The molecule has 0 aliphatic rings. The topological polar surface area (TPSA) is 49.5 Å². The van der Waals surface area contributed by atoms with E-state index >= 15 is 0 Å². The number of halogens is 1. The molecule has 0 saturated heterocycles. The number of aliphatic hydroxyl groups excluding tert-OH is 1. The average Bonchev–Trinajstić information content (AvgIpc) is 2.74. The predicted octanol–water partition coefficient (Wildman–Crippen LogP) is 2.60. The Bertz CT molecular complexity index is 345. The molecule has 3 unspecified atom stereocenters. The molecule has 3 nitrogen and oxygen atoms in total. The Labute approximate surface area is 116 Å². The molecular weight excluding hydrogens is 300 g/mol. The first-order valence-electron chi connectivity index (χ1n) is 5.84. The number of nitrogens with two attached hydrogens (primary N) is 1. The highest BCUT2D eigenvalue weighted by Crippen LogP contribution is 2.33. The fraction of sp³-hybridized carbons (Fsp3) is 0.667. The second kappa shape index (κ2) is 6.85. The second-order valence-electron chi connectivity index (χ2n) is 4.36. The van der Waals surface area contributed by atoms with Crippen LogP contribution in [0, 0.1) is 0 Å². The monoisotopic (exact) mass is 320 g/mol. The van der Waals surface area contributed by atoms with Crippen molar-refractivity contribution in [3.8, 4) is 0 Å². The molecule has 0 fully saturated rings. The highest BCUT2D eigenvalue weighted by molar-refractivity contribution is 9.11. The minimum absolute atomic E-state index is 0.0829. The maximum absolute atomic E-state index is 9.27. The van der Waals surface area contributed by atoms with Gasteiger partial charge in [-0.2, -0.15) is 0 Å². The van der Waals surface area contributed by atoms with Gasteiger partial charge in [0.25, 0.3) is 0 Å². The molecule has 0 aliphatic carbocycles. The van der Waals surface area contributed by atoms with Crippen molar-refractivity contribution in [2.24, 2.45) is 5.73 Å². The Morgan fingerprint density at radius 1 is 1.53 bits per heavy atom. The second-order valence-corrected chi connectivity index (χ2v) is 6.85. The van der Waals surface area contributed by atoms with Gasteiger partial charge < -0.3 is 10.8 Å². The van der Waals surface area contributed by atoms with E-state index in [1.165, 1.54) is 4.88 Å². The molecule has 1 aromatic rings. The van der Waals surface area contributed by atoms with E-state index in [2.05, 4.69) is 33.8 Å². The number of thiophene rings is 1. The lowest BCUT2D eigenvalue weighted by Gasteiger charge is -2.35. The molecule has 0 aliphatic heterocycles. The molecule has 17 heavy (non-hydrogen) atoms. The number of hydrogen-bond donors (Lipinski definition) is 2. The molecule has 0 bridgehead atoms.